The first kappa shape index (κ1) is 19.9. The van der Waals surface area contributed by atoms with Gasteiger partial charge < -0.3 is 9.47 Å². The van der Waals surface area contributed by atoms with Crippen molar-refractivity contribution in [2.24, 2.45) is 0 Å². The number of ketones is 1. The predicted octanol–water partition coefficient (Wildman–Crippen LogP) is 3.58. The van der Waals surface area contributed by atoms with Gasteiger partial charge in [-0.2, -0.15) is 0 Å². The van der Waals surface area contributed by atoms with Crippen LogP contribution in [0.5, 0.6) is 5.75 Å². The lowest BCUT2D eigenvalue weighted by Crippen LogP contribution is -2.45. The number of Topliss-reactive ketones (excluding diaryl/α,β-unsaturated/α-hetero) is 1. The number of morpholine rings is 1. The molecule has 1 aromatic carbocycles. The largest absolute Gasteiger partial charge is 0.494 e. The number of benzene rings is 1. The highest BCUT2D eigenvalue weighted by Crippen LogP contribution is 2.15. The lowest BCUT2D eigenvalue weighted by molar-refractivity contribution is -0.0682. The molecule has 1 aromatic rings. The molecule has 130 valence electrons. The number of hydrogen-bond acceptors (Lipinski definition) is 4. The summed E-state index contributed by atoms with van der Waals surface area (Å²) in [4.78, 5) is 13.8. The van der Waals surface area contributed by atoms with E-state index in [1.807, 2.05) is 24.3 Å². The highest BCUT2D eigenvalue weighted by molar-refractivity contribution is 5.94. The zero-order valence-electron chi connectivity index (χ0n) is 14.3. The fourth-order valence-electron chi connectivity index (χ4n) is 2.90. The van der Waals surface area contributed by atoms with Gasteiger partial charge in [0.1, 0.15) is 5.75 Å². The predicted molar refractivity (Wildman–Crippen MR) is 94.9 cm³/mol. The number of carbonyl (C=O) groups excluding carboxylic acids is 1. The monoisotopic (exact) mass is 341 g/mol. The molecule has 1 saturated heterocycles. The average Bonchev–Trinajstić information content (AvgIpc) is 2.46. The molecule has 2 unspecified atom stereocenters. The van der Waals surface area contributed by atoms with Crippen molar-refractivity contribution in [3.63, 3.8) is 0 Å². The van der Waals surface area contributed by atoms with Gasteiger partial charge in [0, 0.05) is 18.7 Å². The van der Waals surface area contributed by atoms with E-state index in [-0.39, 0.29) is 18.2 Å². The van der Waals surface area contributed by atoms with E-state index in [0.29, 0.717) is 24.4 Å². The summed E-state index contributed by atoms with van der Waals surface area (Å²) in [5.74, 6) is 0.849. The Morgan fingerprint density at radius 1 is 1.26 bits per heavy atom. The Balaban J connectivity index is 0.00000264. The average molecular weight is 342 g/mol. The Bertz CT molecular complexity index is 485. The van der Waals surface area contributed by atoms with Crippen LogP contribution < -0.4 is 4.74 Å². The highest BCUT2D eigenvalue weighted by Gasteiger charge is 2.21. The molecular formula is C18H28ClNO3. The molecule has 4 nitrogen and oxygen atoms in total. The molecule has 23 heavy (non-hydrogen) atoms. The molecule has 0 aromatic heterocycles. The van der Waals surface area contributed by atoms with Crippen LogP contribution in [0, 0.1) is 0 Å². The van der Waals surface area contributed by atoms with Crippen molar-refractivity contribution in [2.75, 3.05) is 26.2 Å². The maximum absolute atomic E-state index is 11.3. The molecule has 0 amide bonds. The van der Waals surface area contributed by atoms with Crippen molar-refractivity contribution < 1.29 is 14.3 Å². The van der Waals surface area contributed by atoms with Gasteiger partial charge in [0.25, 0.3) is 0 Å². The number of rotatable bonds is 7. The molecule has 0 aliphatic carbocycles. The van der Waals surface area contributed by atoms with Gasteiger partial charge in [0.2, 0.25) is 0 Å². The summed E-state index contributed by atoms with van der Waals surface area (Å²) in [7, 11) is 0. The Kier molecular flexibility index (Phi) is 8.59. The Morgan fingerprint density at radius 3 is 2.61 bits per heavy atom. The lowest BCUT2D eigenvalue weighted by Gasteiger charge is -2.35. The zero-order valence-corrected chi connectivity index (χ0v) is 15.1. The highest BCUT2D eigenvalue weighted by atomic mass is 35.5. The minimum Gasteiger partial charge on any atom is -0.494 e. The third kappa shape index (κ3) is 6.90. The van der Waals surface area contributed by atoms with Crippen LogP contribution in [0.25, 0.3) is 0 Å². The molecule has 1 aliphatic rings. The van der Waals surface area contributed by atoms with Crippen LogP contribution in [0.3, 0.4) is 0 Å². The summed E-state index contributed by atoms with van der Waals surface area (Å²) in [6.07, 6.45) is 2.79. The number of unbranched alkanes of at least 4 members (excludes halogenated alkanes) is 1. The molecule has 0 saturated carbocycles. The summed E-state index contributed by atoms with van der Waals surface area (Å²) in [6, 6.07) is 7.39. The summed E-state index contributed by atoms with van der Waals surface area (Å²) >= 11 is 0. The first-order valence-corrected chi connectivity index (χ1v) is 8.16. The van der Waals surface area contributed by atoms with Crippen molar-refractivity contribution in [3.8, 4) is 5.75 Å². The molecule has 2 atom stereocenters. The SMILES string of the molecule is CC(=O)c1cccc(OCCCCN2CC(C)OC(C)C2)c1.Cl. The first-order chi connectivity index (χ1) is 10.5. The van der Waals surface area contributed by atoms with Gasteiger partial charge in [0.05, 0.1) is 18.8 Å². The van der Waals surface area contributed by atoms with Gasteiger partial charge in [-0.1, -0.05) is 12.1 Å². The minimum absolute atomic E-state index is 0. The van der Waals surface area contributed by atoms with E-state index in [1.165, 1.54) is 0 Å². The molecule has 0 N–H and O–H groups in total. The van der Waals surface area contributed by atoms with Crippen LogP contribution in [0.2, 0.25) is 0 Å². The number of ether oxygens (including phenoxy) is 2. The number of carbonyl (C=O) groups is 1. The van der Waals surface area contributed by atoms with Gasteiger partial charge in [-0.25, -0.2) is 0 Å². The van der Waals surface area contributed by atoms with Crippen LogP contribution in [0.1, 0.15) is 44.0 Å². The molecule has 2 rings (SSSR count). The third-order valence-corrected chi connectivity index (χ3v) is 3.87. The number of hydrogen-bond donors (Lipinski definition) is 0. The number of nitrogens with zero attached hydrogens (tertiary/aromatic N) is 1. The van der Waals surface area contributed by atoms with E-state index in [4.69, 9.17) is 9.47 Å². The van der Waals surface area contributed by atoms with Crippen LogP contribution >= 0.6 is 12.4 Å². The van der Waals surface area contributed by atoms with E-state index in [2.05, 4.69) is 18.7 Å². The summed E-state index contributed by atoms with van der Waals surface area (Å²) in [6.45, 7) is 9.66. The lowest BCUT2D eigenvalue weighted by atomic mass is 10.1. The molecule has 1 heterocycles. The molecule has 0 bridgehead atoms. The zero-order chi connectivity index (χ0) is 15.9. The second-order valence-electron chi connectivity index (χ2n) is 6.16. The first-order valence-electron chi connectivity index (χ1n) is 8.16. The normalized spacial score (nSPS) is 21.5. The minimum atomic E-state index is 0. The topological polar surface area (TPSA) is 38.8 Å². The molecular weight excluding hydrogens is 314 g/mol. The van der Waals surface area contributed by atoms with E-state index in [0.717, 1.165) is 38.2 Å². The van der Waals surface area contributed by atoms with E-state index in [9.17, 15) is 4.79 Å². The van der Waals surface area contributed by atoms with E-state index in [1.54, 1.807) is 6.92 Å². The fraction of sp³-hybridized carbons (Fsp3) is 0.611. The summed E-state index contributed by atoms with van der Waals surface area (Å²) in [5.41, 5.74) is 0.703. The third-order valence-electron chi connectivity index (χ3n) is 3.87. The molecule has 1 aliphatic heterocycles. The van der Waals surface area contributed by atoms with E-state index >= 15 is 0 Å². The van der Waals surface area contributed by atoms with Crippen molar-refractivity contribution in [1.82, 2.24) is 4.90 Å². The fourth-order valence-corrected chi connectivity index (χ4v) is 2.90. The quantitative estimate of drug-likeness (QED) is 0.561. The van der Waals surface area contributed by atoms with Crippen molar-refractivity contribution in [1.29, 1.82) is 0 Å². The van der Waals surface area contributed by atoms with Crippen molar-refractivity contribution in [2.45, 2.75) is 45.8 Å². The molecule has 1 fully saturated rings. The standard InChI is InChI=1S/C18H27NO3.ClH/c1-14-12-19(13-15(2)22-14)9-4-5-10-21-18-8-6-7-17(11-18)16(3)20;/h6-8,11,14-15H,4-5,9-10,12-13H2,1-3H3;1H. The van der Waals surface area contributed by atoms with Gasteiger partial charge in [-0.05, 0) is 52.3 Å². The molecule has 0 spiro atoms. The van der Waals surface area contributed by atoms with Gasteiger partial charge >= 0.3 is 0 Å². The van der Waals surface area contributed by atoms with Crippen LogP contribution in [0.4, 0.5) is 0 Å². The van der Waals surface area contributed by atoms with E-state index < -0.39 is 0 Å². The number of halogens is 1. The summed E-state index contributed by atoms with van der Waals surface area (Å²) in [5, 5.41) is 0. The Morgan fingerprint density at radius 2 is 1.96 bits per heavy atom. The van der Waals surface area contributed by atoms with Gasteiger partial charge in [-0.15, -0.1) is 12.4 Å². The molecule has 0 radical (unpaired) electrons. The second kappa shape index (κ2) is 9.91. The van der Waals surface area contributed by atoms with Crippen LogP contribution in [-0.4, -0.2) is 49.1 Å². The second-order valence-corrected chi connectivity index (χ2v) is 6.16. The van der Waals surface area contributed by atoms with Crippen LogP contribution in [-0.2, 0) is 4.74 Å². The van der Waals surface area contributed by atoms with Crippen molar-refractivity contribution >= 4 is 18.2 Å². The Hall–Kier alpha value is -1.10. The van der Waals surface area contributed by atoms with Crippen LogP contribution in [0.15, 0.2) is 24.3 Å². The van der Waals surface area contributed by atoms with Gasteiger partial charge in [-0.3, -0.25) is 9.69 Å². The smallest absolute Gasteiger partial charge is 0.159 e. The summed E-state index contributed by atoms with van der Waals surface area (Å²) < 4.78 is 11.5. The Labute approximate surface area is 145 Å². The van der Waals surface area contributed by atoms with Gasteiger partial charge in [0.15, 0.2) is 5.78 Å². The maximum Gasteiger partial charge on any atom is 0.159 e. The van der Waals surface area contributed by atoms with Crippen molar-refractivity contribution in [3.05, 3.63) is 29.8 Å². The maximum atomic E-state index is 11.3. The molecule has 5 heteroatoms.